The summed E-state index contributed by atoms with van der Waals surface area (Å²) in [6.45, 7) is 3.89. The van der Waals surface area contributed by atoms with Crippen LogP contribution in [-0.2, 0) is 24.7 Å². The number of nitrogens with zero attached hydrogens (tertiary/aromatic N) is 2. The lowest BCUT2D eigenvalue weighted by Gasteiger charge is -2.06. The first kappa shape index (κ1) is 15.1. The minimum absolute atomic E-state index is 0.105. The van der Waals surface area contributed by atoms with E-state index in [1.165, 1.54) is 0 Å². The lowest BCUT2D eigenvalue weighted by Crippen LogP contribution is -2.08. The van der Waals surface area contributed by atoms with Gasteiger partial charge in [0, 0.05) is 31.1 Å². The van der Waals surface area contributed by atoms with Gasteiger partial charge in [0.05, 0.1) is 15.7 Å². The third-order valence-electron chi connectivity index (χ3n) is 3.45. The van der Waals surface area contributed by atoms with Crippen molar-refractivity contribution in [3.05, 3.63) is 50.8 Å². The average molecular weight is 311 g/mol. The number of hydrogen-bond acceptors (Lipinski definition) is 2. The molecule has 20 heavy (non-hydrogen) atoms. The van der Waals surface area contributed by atoms with Gasteiger partial charge in [-0.25, -0.2) is 0 Å². The van der Waals surface area contributed by atoms with Gasteiger partial charge in [-0.05, 0) is 25.5 Å². The minimum Gasteiger partial charge on any atom is -0.299 e. The van der Waals surface area contributed by atoms with Crippen molar-refractivity contribution in [2.45, 2.75) is 26.7 Å². The Balaban J connectivity index is 2.15. The molecule has 0 aliphatic heterocycles. The highest BCUT2D eigenvalue weighted by Gasteiger charge is 2.15. The number of rotatable bonds is 4. The molecule has 106 valence electrons. The molecule has 0 bridgehead atoms. The monoisotopic (exact) mass is 310 g/mol. The van der Waals surface area contributed by atoms with Crippen LogP contribution in [0.4, 0.5) is 0 Å². The normalized spacial score (nSPS) is 10.8. The lowest BCUT2D eigenvalue weighted by molar-refractivity contribution is -0.117. The predicted molar refractivity (Wildman–Crippen MR) is 81.6 cm³/mol. The topological polar surface area (TPSA) is 34.9 Å². The summed E-state index contributed by atoms with van der Waals surface area (Å²) < 4.78 is 1.80. The first-order chi connectivity index (χ1) is 9.40. The SMILES string of the molecule is Cc1nn(C)c(C)c1CC(=O)Cc1cccc(Cl)c1Cl. The van der Waals surface area contributed by atoms with Gasteiger partial charge in [0.1, 0.15) is 5.78 Å². The second kappa shape index (κ2) is 5.98. The van der Waals surface area contributed by atoms with Gasteiger partial charge in [-0.2, -0.15) is 5.10 Å². The van der Waals surface area contributed by atoms with E-state index in [4.69, 9.17) is 23.2 Å². The number of Topliss-reactive ketones (excluding diaryl/α,β-unsaturated/α-hetero) is 1. The molecular formula is C15H16Cl2N2O. The van der Waals surface area contributed by atoms with Crippen LogP contribution in [0.1, 0.15) is 22.5 Å². The number of benzene rings is 1. The van der Waals surface area contributed by atoms with E-state index < -0.39 is 0 Å². The van der Waals surface area contributed by atoms with E-state index in [0.717, 1.165) is 22.5 Å². The van der Waals surface area contributed by atoms with Crippen LogP contribution in [0, 0.1) is 13.8 Å². The van der Waals surface area contributed by atoms with Gasteiger partial charge in [0.2, 0.25) is 0 Å². The van der Waals surface area contributed by atoms with Gasteiger partial charge >= 0.3 is 0 Å². The zero-order valence-electron chi connectivity index (χ0n) is 11.7. The zero-order valence-corrected chi connectivity index (χ0v) is 13.2. The van der Waals surface area contributed by atoms with Crippen LogP contribution in [0.25, 0.3) is 0 Å². The molecule has 1 aromatic heterocycles. The van der Waals surface area contributed by atoms with Crippen molar-refractivity contribution in [3.63, 3.8) is 0 Å². The van der Waals surface area contributed by atoms with Crippen molar-refractivity contribution < 1.29 is 4.79 Å². The summed E-state index contributed by atoms with van der Waals surface area (Å²) in [7, 11) is 1.88. The highest BCUT2D eigenvalue weighted by Crippen LogP contribution is 2.26. The summed E-state index contributed by atoms with van der Waals surface area (Å²) in [4.78, 5) is 12.2. The molecule has 2 aromatic rings. The first-order valence-electron chi connectivity index (χ1n) is 6.33. The summed E-state index contributed by atoms with van der Waals surface area (Å²) in [6, 6.07) is 5.35. The Bertz CT molecular complexity index is 662. The fourth-order valence-electron chi connectivity index (χ4n) is 2.23. The summed E-state index contributed by atoms with van der Waals surface area (Å²) in [5, 5.41) is 5.26. The van der Waals surface area contributed by atoms with Crippen molar-refractivity contribution in [3.8, 4) is 0 Å². The zero-order chi connectivity index (χ0) is 14.9. The highest BCUT2D eigenvalue weighted by molar-refractivity contribution is 6.42. The molecule has 0 radical (unpaired) electrons. The molecule has 0 saturated heterocycles. The number of carbonyl (C=O) groups is 1. The number of halogens is 2. The van der Waals surface area contributed by atoms with E-state index in [-0.39, 0.29) is 12.2 Å². The van der Waals surface area contributed by atoms with E-state index in [2.05, 4.69) is 5.10 Å². The molecule has 2 rings (SSSR count). The molecule has 0 unspecified atom stereocenters. The molecule has 5 heteroatoms. The fourth-order valence-corrected chi connectivity index (χ4v) is 2.62. The molecule has 0 aliphatic rings. The smallest absolute Gasteiger partial charge is 0.141 e. The van der Waals surface area contributed by atoms with Crippen LogP contribution >= 0.6 is 23.2 Å². The summed E-state index contributed by atoms with van der Waals surface area (Å²) in [6.07, 6.45) is 0.654. The lowest BCUT2D eigenvalue weighted by atomic mass is 10.0. The van der Waals surface area contributed by atoms with E-state index >= 15 is 0 Å². The number of aromatic nitrogens is 2. The van der Waals surface area contributed by atoms with Gasteiger partial charge in [-0.15, -0.1) is 0 Å². The van der Waals surface area contributed by atoms with Crippen LogP contribution in [-0.4, -0.2) is 15.6 Å². The van der Waals surface area contributed by atoms with Crippen LogP contribution in [0.15, 0.2) is 18.2 Å². The van der Waals surface area contributed by atoms with Gasteiger partial charge < -0.3 is 0 Å². The molecule has 1 heterocycles. The maximum atomic E-state index is 12.2. The standard InChI is InChI=1S/C15H16Cl2N2O/c1-9-13(10(2)19(3)18-9)8-12(20)7-11-5-4-6-14(16)15(11)17/h4-6H,7-8H2,1-3H3. The predicted octanol–water partition coefficient (Wildman–Crippen LogP) is 3.70. The van der Waals surface area contributed by atoms with E-state index in [9.17, 15) is 4.79 Å². The van der Waals surface area contributed by atoms with Gasteiger partial charge in [0.25, 0.3) is 0 Å². The molecule has 0 N–H and O–H groups in total. The minimum atomic E-state index is 0.105. The van der Waals surface area contributed by atoms with Crippen molar-refractivity contribution in [2.24, 2.45) is 7.05 Å². The average Bonchev–Trinajstić information content (AvgIpc) is 2.62. The summed E-state index contributed by atoms with van der Waals surface area (Å²) in [5.41, 5.74) is 3.68. The number of hydrogen-bond donors (Lipinski definition) is 0. The van der Waals surface area contributed by atoms with E-state index in [1.807, 2.05) is 27.0 Å². The van der Waals surface area contributed by atoms with E-state index in [1.54, 1.807) is 16.8 Å². The van der Waals surface area contributed by atoms with E-state index in [0.29, 0.717) is 16.5 Å². The second-order valence-corrected chi connectivity index (χ2v) is 5.66. The third-order valence-corrected chi connectivity index (χ3v) is 4.31. The number of aryl methyl sites for hydroxylation is 2. The van der Waals surface area contributed by atoms with Crippen LogP contribution in [0.3, 0.4) is 0 Å². The molecule has 0 spiro atoms. The quantitative estimate of drug-likeness (QED) is 0.863. The molecule has 0 saturated carbocycles. The van der Waals surface area contributed by atoms with Crippen molar-refractivity contribution in [2.75, 3.05) is 0 Å². The van der Waals surface area contributed by atoms with Crippen molar-refractivity contribution in [1.82, 2.24) is 9.78 Å². The molecule has 1 aromatic carbocycles. The largest absolute Gasteiger partial charge is 0.299 e. The van der Waals surface area contributed by atoms with Crippen LogP contribution in [0.2, 0.25) is 10.0 Å². The van der Waals surface area contributed by atoms with Gasteiger partial charge in [-0.1, -0.05) is 35.3 Å². The Hall–Kier alpha value is -1.32. The maximum absolute atomic E-state index is 12.2. The van der Waals surface area contributed by atoms with Crippen molar-refractivity contribution in [1.29, 1.82) is 0 Å². The van der Waals surface area contributed by atoms with Crippen LogP contribution in [0.5, 0.6) is 0 Å². The Kier molecular flexibility index (Phi) is 4.51. The molecule has 0 fully saturated rings. The van der Waals surface area contributed by atoms with Crippen molar-refractivity contribution >= 4 is 29.0 Å². The highest BCUT2D eigenvalue weighted by atomic mass is 35.5. The summed E-state index contributed by atoms with van der Waals surface area (Å²) in [5.74, 6) is 0.105. The Morgan fingerprint density at radius 2 is 1.95 bits per heavy atom. The Labute approximate surface area is 128 Å². The first-order valence-corrected chi connectivity index (χ1v) is 7.09. The number of ketones is 1. The van der Waals surface area contributed by atoms with Gasteiger partial charge in [-0.3, -0.25) is 9.48 Å². The summed E-state index contributed by atoms with van der Waals surface area (Å²) >= 11 is 12.1. The molecule has 0 amide bonds. The fraction of sp³-hybridized carbons (Fsp3) is 0.333. The maximum Gasteiger partial charge on any atom is 0.141 e. The Morgan fingerprint density at radius 3 is 2.55 bits per heavy atom. The molecule has 0 atom stereocenters. The molecular weight excluding hydrogens is 295 g/mol. The number of carbonyl (C=O) groups excluding carboxylic acids is 1. The Morgan fingerprint density at radius 1 is 1.25 bits per heavy atom. The van der Waals surface area contributed by atoms with Gasteiger partial charge in [0.15, 0.2) is 0 Å². The third kappa shape index (κ3) is 3.05. The van der Waals surface area contributed by atoms with Crippen LogP contribution < -0.4 is 0 Å². The second-order valence-electron chi connectivity index (χ2n) is 4.88. The molecule has 0 aliphatic carbocycles. The molecule has 3 nitrogen and oxygen atoms in total.